The number of halogens is 1. The number of nitrogens with one attached hydrogen (secondary N) is 2. The van der Waals surface area contributed by atoms with Gasteiger partial charge in [0.25, 0.3) is 0 Å². The zero-order chi connectivity index (χ0) is 22.1. The van der Waals surface area contributed by atoms with Crippen LogP contribution >= 0.6 is 0 Å². The molecule has 1 aromatic heterocycles. The van der Waals surface area contributed by atoms with Gasteiger partial charge in [0.15, 0.2) is 6.19 Å². The SMILES string of the molecule is Cc1cc(-c2ccc(C3N=C(NC#N)Nc4nc(N)c(C#N)c(N)c43)cc2)ccc1F. The molecule has 2 heterocycles. The van der Waals surface area contributed by atoms with E-state index >= 15 is 0 Å². The maximum atomic E-state index is 13.6. The number of hydrogen-bond donors (Lipinski definition) is 4. The molecule has 1 atom stereocenters. The van der Waals surface area contributed by atoms with Crippen molar-refractivity contribution in [3.8, 4) is 23.4 Å². The van der Waals surface area contributed by atoms with E-state index < -0.39 is 6.04 Å². The Kier molecular flexibility index (Phi) is 4.86. The smallest absolute Gasteiger partial charge is 0.211 e. The van der Waals surface area contributed by atoms with E-state index in [1.54, 1.807) is 19.1 Å². The number of rotatable bonds is 2. The molecule has 1 aliphatic rings. The summed E-state index contributed by atoms with van der Waals surface area (Å²) in [6.45, 7) is 1.71. The number of nitrogens with two attached hydrogens (primary N) is 2. The predicted octanol–water partition coefficient (Wildman–Crippen LogP) is 3.17. The van der Waals surface area contributed by atoms with Crippen molar-refractivity contribution in [3.63, 3.8) is 0 Å². The molecule has 8 nitrogen and oxygen atoms in total. The molecule has 0 spiro atoms. The van der Waals surface area contributed by atoms with E-state index in [1.165, 1.54) is 6.07 Å². The number of nitriles is 2. The summed E-state index contributed by atoms with van der Waals surface area (Å²) in [5, 5.41) is 23.8. The van der Waals surface area contributed by atoms with Gasteiger partial charge in [-0.05, 0) is 41.3 Å². The van der Waals surface area contributed by atoms with Crippen LogP contribution in [0.1, 0.15) is 28.3 Å². The van der Waals surface area contributed by atoms with Gasteiger partial charge >= 0.3 is 0 Å². The highest BCUT2D eigenvalue weighted by Gasteiger charge is 2.29. The summed E-state index contributed by atoms with van der Waals surface area (Å²) in [5.74, 6) is 0.249. The van der Waals surface area contributed by atoms with Gasteiger partial charge in [0.1, 0.15) is 35.1 Å². The molecule has 31 heavy (non-hydrogen) atoms. The summed E-state index contributed by atoms with van der Waals surface area (Å²) in [7, 11) is 0. The van der Waals surface area contributed by atoms with Crippen molar-refractivity contribution < 1.29 is 4.39 Å². The van der Waals surface area contributed by atoms with Crippen LogP contribution in [0.25, 0.3) is 11.1 Å². The molecule has 3 aromatic rings. The molecule has 0 aliphatic carbocycles. The van der Waals surface area contributed by atoms with Crippen LogP contribution in [0.4, 0.5) is 21.7 Å². The Hall–Kier alpha value is -4.63. The maximum absolute atomic E-state index is 13.6. The highest BCUT2D eigenvalue weighted by Crippen LogP contribution is 2.40. The fraction of sp³-hybridized carbons (Fsp3) is 0.0909. The molecule has 0 saturated carbocycles. The van der Waals surface area contributed by atoms with Gasteiger partial charge in [-0.25, -0.2) is 14.4 Å². The van der Waals surface area contributed by atoms with Crippen molar-refractivity contribution in [1.82, 2.24) is 10.3 Å². The summed E-state index contributed by atoms with van der Waals surface area (Å²) in [4.78, 5) is 8.76. The topological polar surface area (TPSA) is 149 Å². The predicted molar refractivity (Wildman–Crippen MR) is 116 cm³/mol. The van der Waals surface area contributed by atoms with Crippen LogP contribution in [0.3, 0.4) is 0 Å². The largest absolute Gasteiger partial charge is 0.397 e. The zero-order valence-electron chi connectivity index (χ0n) is 16.4. The number of aryl methyl sites for hydroxylation is 1. The molecule has 9 heteroatoms. The molecule has 1 unspecified atom stereocenters. The molecule has 0 amide bonds. The number of aromatic nitrogens is 1. The lowest BCUT2D eigenvalue weighted by atomic mass is 9.93. The van der Waals surface area contributed by atoms with E-state index in [4.69, 9.17) is 16.7 Å². The molecule has 0 radical (unpaired) electrons. The highest BCUT2D eigenvalue weighted by molar-refractivity contribution is 5.98. The molecule has 0 saturated heterocycles. The van der Waals surface area contributed by atoms with Crippen molar-refractivity contribution >= 4 is 23.3 Å². The Bertz CT molecular complexity index is 1300. The lowest BCUT2D eigenvalue weighted by Gasteiger charge is -2.26. The molecule has 2 aromatic carbocycles. The number of benzene rings is 2. The summed E-state index contributed by atoms with van der Waals surface area (Å²) in [5.41, 5.74) is 16.0. The molecule has 152 valence electrons. The third-order valence-corrected chi connectivity index (χ3v) is 5.08. The number of guanidine groups is 1. The minimum Gasteiger partial charge on any atom is -0.397 e. The van der Waals surface area contributed by atoms with E-state index in [9.17, 15) is 9.65 Å². The number of nitrogen functional groups attached to an aromatic ring is 2. The van der Waals surface area contributed by atoms with Gasteiger partial charge in [0.2, 0.25) is 5.96 Å². The summed E-state index contributed by atoms with van der Waals surface area (Å²) < 4.78 is 13.6. The van der Waals surface area contributed by atoms with Gasteiger partial charge in [0.05, 0.1) is 5.69 Å². The summed E-state index contributed by atoms with van der Waals surface area (Å²) in [6, 6.07) is 13.8. The van der Waals surface area contributed by atoms with E-state index in [0.29, 0.717) is 16.9 Å². The maximum Gasteiger partial charge on any atom is 0.211 e. The lowest BCUT2D eigenvalue weighted by Crippen LogP contribution is -2.32. The first-order chi connectivity index (χ1) is 14.9. The minimum absolute atomic E-state index is 0.00904. The van der Waals surface area contributed by atoms with Gasteiger partial charge in [-0.15, -0.1) is 0 Å². The van der Waals surface area contributed by atoms with Gasteiger partial charge in [-0.2, -0.15) is 10.5 Å². The lowest BCUT2D eigenvalue weighted by molar-refractivity contribution is 0.619. The quantitative estimate of drug-likeness (QED) is 0.373. The van der Waals surface area contributed by atoms with E-state index in [1.807, 2.05) is 36.5 Å². The summed E-state index contributed by atoms with van der Waals surface area (Å²) in [6.07, 6.45) is 1.82. The van der Waals surface area contributed by atoms with Crippen LogP contribution in [0.5, 0.6) is 0 Å². The minimum atomic E-state index is -0.615. The van der Waals surface area contributed by atoms with Crippen LogP contribution in [0.15, 0.2) is 47.5 Å². The third kappa shape index (κ3) is 3.45. The van der Waals surface area contributed by atoms with Crippen LogP contribution in [0, 0.1) is 35.5 Å². The number of pyridine rings is 1. The van der Waals surface area contributed by atoms with Crippen molar-refractivity contribution in [3.05, 3.63) is 70.5 Å². The van der Waals surface area contributed by atoms with Gasteiger partial charge in [-0.1, -0.05) is 30.3 Å². The second-order valence-corrected chi connectivity index (χ2v) is 6.99. The fourth-order valence-corrected chi connectivity index (χ4v) is 3.50. The monoisotopic (exact) mass is 412 g/mol. The molecular formula is C22H17FN8. The first-order valence-corrected chi connectivity index (χ1v) is 9.28. The highest BCUT2D eigenvalue weighted by atomic mass is 19.1. The van der Waals surface area contributed by atoms with E-state index in [0.717, 1.165) is 16.7 Å². The summed E-state index contributed by atoms with van der Waals surface area (Å²) >= 11 is 0. The molecular weight excluding hydrogens is 395 g/mol. The molecule has 0 fully saturated rings. The van der Waals surface area contributed by atoms with Gasteiger partial charge < -0.3 is 16.8 Å². The van der Waals surface area contributed by atoms with Crippen molar-refractivity contribution in [1.29, 1.82) is 10.5 Å². The Labute approximate surface area is 177 Å². The standard InChI is InChI=1S/C22H17FN8/c1-11-8-14(6-7-16(11)23)12-2-4-13(5-3-12)19-17-18(26)15(9-24)20(27)30-21(17)31-22(29-19)28-10-25/h2-8,19H,1H3,(H6,26,27,28,29,30,31). The second kappa shape index (κ2) is 7.65. The normalized spacial score (nSPS) is 14.5. The molecule has 4 rings (SSSR count). The number of aliphatic imine (C=N–C) groups is 1. The average molecular weight is 412 g/mol. The Morgan fingerprint density at radius 1 is 1.10 bits per heavy atom. The number of fused-ring (bicyclic) bond motifs is 1. The van der Waals surface area contributed by atoms with Crippen LogP contribution < -0.4 is 22.1 Å². The third-order valence-electron chi connectivity index (χ3n) is 5.08. The van der Waals surface area contributed by atoms with Crippen molar-refractivity contribution in [2.24, 2.45) is 4.99 Å². The van der Waals surface area contributed by atoms with Crippen molar-refractivity contribution in [2.75, 3.05) is 16.8 Å². The van der Waals surface area contributed by atoms with Crippen LogP contribution in [-0.2, 0) is 0 Å². The Morgan fingerprint density at radius 2 is 1.81 bits per heavy atom. The average Bonchev–Trinajstić information content (AvgIpc) is 2.75. The Balaban J connectivity index is 1.81. The number of anilines is 3. The van der Waals surface area contributed by atoms with E-state index in [2.05, 4.69) is 20.6 Å². The van der Waals surface area contributed by atoms with Crippen molar-refractivity contribution in [2.45, 2.75) is 13.0 Å². The van der Waals surface area contributed by atoms with Crippen LogP contribution in [0.2, 0.25) is 0 Å². The molecule has 1 aliphatic heterocycles. The number of nitrogens with zero attached hydrogens (tertiary/aromatic N) is 4. The molecule has 0 bridgehead atoms. The fourth-order valence-electron chi connectivity index (χ4n) is 3.50. The first kappa shape index (κ1) is 19.7. The van der Waals surface area contributed by atoms with Gasteiger partial charge in [0, 0.05) is 5.56 Å². The second-order valence-electron chi connectivity index (χ2n) is 6.99. The van der Waals surface area contributed by atoms with E-state index in [-0.39, 0.29) is 28.8 Å². The van der Waals surface area contributed by atoms with Crippen LogP contribution in [-0.4, -0.2) is 10.9 Å². The molecule has 6 N–H and O–H groups in total. The zero-order valence-corrected chi connectivity index (χ0v) is 16.4. The van der Waals surface area contributed by atoms with Gasteiger partial charge in [-0.3, -0.25) is 5.32 Å². The Morgan fingerprint density at radius 3 is 2.45 bits per heavy atom. The first-order valence-electron chi connectivity index (χ1n) is 9.28. The number of hydrogen-bond acceptors (Lipinski definition) is 8.